The van der Waals surface area contributed by atoms with E-state index >= 15 is 0 Å². The first kappa shape index (κ1) is 22.3. The van der Waals surface area contributed by atoms with Crippen LogP contribution in [0.2, 0.25) is 5.02 Å². The molecule has 0 radical (unpaired) electrons. The van der Waals surface area contributed by atoms with Gasteiger partial charge in [-0.2, -0.15) is 11.8 Å². The Morgan fingerprint density at radius 1 is 1.17 bits per heavy atom. The number of rotatable bonds is 4. The van der Waals surface area contributed by atoms with Gasteiger partial charge >= 0.3 is 0 Å². The fraction of sp³-hybridized carbons (Fsp3) is 0.333. The highest BCUT2D eigenvalue weighted by Gasteiger charge is 2.10. The summed E-state index contributed by atoms with van der Waals surface area (Å²) in [6, 6.07) is 12.1. The Morgan fingerprint density at radius 2 is 1.79 bits per heavy atom. The number of aryl methyl sites for hydroxylation is 1. The summed E-state index contributed by atoms with van der Waals surface area (Å²) in [5.41, 5.74) is 2.12. The van der Waals surface area contributed by atoms with Gasteiger partial charge in [0.05, 0.1) is 9.95 Å². The summed E-state index contributed by atoms with van der Waals surface area (Å²) >= 11 is 7.69. The van der Waals surface area contributed by atoms with Crippen molar-refractivity contribution >= 4 is 29.1 Å². The zero-order valence-corrected chi connectivity index (χ0v) is 16.3. The van der Waals surface area contributed by atoms with Gasteiger partial charge in [-0.15, -0.1) is 0 Å². The summed E-state index contributed by atoms with van der Waals surface area (Å²) < 4.78 is 5.56. The molecule has 0 bridgehead atoms. The number of nitro benzene ring substituents is 1. The Morgan fingerprint density at radius 3 is 2.29 bits per heavy atom. The Kier molecular flexibility index (Phi) is 11.8. The fourth-order valence-electron chi connectivity index (χ4n) is 1.68. The molecule has 0 aromatic heterocycles. The molecule has 0 amide bonds. The quantitative estimate of drug-likeness (QED) is 0.479. The van der Waals surface area contributed by atoms with Crippen molar-refractivity contribution in [2.75, 3.05) is 12.5 Å². The van der Waals surface area contributed by atoms with Crippen molar-refractivity contribution < 1.29 is 9.66 Å². The van der Waals surface area contributed by atoms with Gasteiger partial charge in [-0.05, 0) is 31.1 Å². The third-order valence-corrected chi connectivity index (χ3v) is 2.90. The van der Waals surface area contributed by atoms with Crippen LogP contribution in [0, 0.1) is 17.0 Å². The highest BCUT2D eigenvalue weighted by Crippen LogP contribution is 2.29. The van der Waals surface area contributed by atoms with Crippen LogP contribution in [0.1, 0.15) is 25.0 Å². The van der Waals surface area contributed by atoms with Gasteiger partial charge in [0.2, 0.25) is 0 Å². The van der Waals surface area contributed by atoms with Crippen molar-refractivity contribution in [2.24, 2.45) is 0 Å². The highest BCUT2D eigenvalue weighted by molar-refractivity contribution is 7.97. The molecule has 132 valence electrons. The van der Waals surface area contributed by atoms with E-state index in [1.807, 2.05) is 57.5 Å². The average molecular weight is 370 g/mol. The zero-order valence-electron chi connectivity index (χ0n) is 14.7. The first-order valence-electron chi connectivity index (χ1n) is 7.50. The first-order chi connectivity index (χ1) is 11.5. The smallest absolute Gasteiger partial charge is 0.271 e. The second kappa shape index (κ2) is 12.7. The highest BCUT2D eigenvalue weighted by atomic mass is 35.5. The number of benzene rings is 2. The largest absolute Gasteiger partial charge is 0.487 e. The summed E-state index contributed by atoms with van der Waals surface area (Å²) in [6.45, 7) is 6.38. The Balaban J connectivity index is 0.000000952. The fourth-order valence-corrected chi connectivity index (χ4v) is 1.91. The summed E-state index contributed by atoms with van der Waals surface area (Å²) in [5, 5.41) is 10.8. The molecule has 0 saturated carbocycles. The lowest BCUT2D eigenvalue weighted by atomic mass is 10.1. The second-order valence-electron chi connectivity index (χ2n) is 4.56. The molecule has 0 N–H and O–H groups in total. The molecule has 0 atom stereocenters. The lowest BCUT2D eigenvalue weighted by Gasteiger charge is -2.08. The van der Waals surface area contributed by atoms with Crippen LogP contribution in [-0.2, 0) is 6.61 Å². The van der Waals surface area contributed by atoms with E-state index in [-0.39, 0.29) is 10.7 Å². The Labute approximate surface area is 153 Å². The van der Waals surface area contributed by atoms with Crippen molar-refractivity contribution in [1.29, 1.82) is 0 Å². The van der Waals surface area contributed by atoms with E-state index in [0.717, 1.165) is 11.1 Å². The topological polar surface area (TPSA) is 52.4 Å². The molecule has 2 rings (SSSR count). The number of thioether (sulfide) groups is 1. The number of hydrogen-bond acceptors (Lipinski definition) is 4. The number of nitrogens with zero attached hydrogens (tertiary/aromatic N) is 1. The lowest BCUT2D eigenvalue weighted by molar-refractivity contribution is -0.384. The van der Waals surface area contributed by atoms with Crippen molar-refractivity contribution in [1.82, 2.24) is 0 Å². The molecular weight excluding hydrogens is 346 g/mol. The van der Waals surface area contributed by atoms with E-state index in [1.54, 1.807) is 11.8 Å². The van der Waals surface area contributed by atoms with Crippen molar-refractivity contribution in [2.45, 2.75) is 27.4 Å². The normalized spacial score (nSPS) is 9.08. The molecule has 6 heteroatoms. The molecule has 0 spiro atoms. The van der Waals surface area contributed by atoms with Crippen LogP contribution >= 0.6 is 23.4 Å². The molecule has 0 aliphatic heterocycles. The van der Waals surface area contributed by atoms with Crippen molar-refractivity contribution in [3.8, 4) is 5.75 Å². The van der Waals surface area contributed by atoms with E-state index in [2.05, 4.69) is 0 Å². The average Bonchev–Trinajstić information content (AvgIpc) is 2.56. The van der Waals surface area contributed by atoms with Crippen LogP contribution in [0.15, 0.2) is 42.5 Å². The van der Waals surface area contributed by atoms with Gasteiger partial charge < -0.3 is 4.74 Å². The molecule has 2 aromatic rings. The minimum atomic E-state index is -0.490. The van der Waals surface area contributed by atoms with Crippen molar-refractivity contribution in [3.63, 3.8) is 0 Å². The van der Waals surface area contributed by atoms with Crippen LogP contribution in [0.5, 0.6) is 5.75 Å². The van der Waals surface area contributed by atoms with Gasteiger partial charge in [0.15, 0.2) is 0 Å². The third-order valence-electron chi connectivity index (χ3n) is 2.60. The molecule has 2 aromatic carbocycles. The first-order valence-corrected chi connectivity index (χ1v) is 9.51. The summed E-state index contributed by atoms with van der Waals surface area (Å²) in [7, 11) is 0. The van der Waals surface area contributed by atoms with Crippen LogP contribution in [0.3, 0.4) is 0 Å². The summed E-state index contributed by atoms with van der Waals surface area (Å²) in [4.78, 5) is 10.1. The van der Waals surface area contributed by atoms with E-state index in [9.17, 15) is 10.1 Å². The van der Waals surface area contributed by atoms with Gasteiger partial charge in [-0.3, -0.25) is 10.1 Å². The molecule has 0 saturated heterocycles. The van der Waals surface area contributed by atoms with E-state index in [0.29, 0.717) is 12.4 Å². The van der Waals surface area contributed by atoms with Gasteiger partial charge in [0, 0.05) is 12.1 Å². The number of nitro groups is 1. The molecule has 0 unspecified atom stereocenters. The number of ether oxygens (including phenoxy) is 1. The standard InChI is InChI=1S/C14H12ClNO3.C2H6S.C2H6/c1-10-3-2-4-11(7-10)9-19-14-6-5-12(16(17)18)8-13(14)15;1-3-2;1-2/h2-8H,9H2,1H3;1-2H3;1-2H3. The van der Waals surface area contributed by atoms with Gasteiger partial charge in [-0.1, -0.05) is 55.3 Å². The lowest BCUT2D eigenvalue weighted by Crippen LogP contribution is -1.97. The Hall–Kier alpha value is -1.72. The summed E-state index contributed by atoms with van der Waals surface area (Å²) in [6.07, 6.45) is 4.08. The van der Waals surface area contributed by atoms with Crippen LogP contribution in [0.4, 0.5) is 5.69 Å². The SMILES string of the molecule is CC.CSC.Cc1cccc(COc2ccc([N+](=O)[O-])cc2Cl)c1. The van der Waals surface area contributed by atoms with E-state index in [4.69, 9.17) is 16.3 Å². The van der Waals surface area contributed by atoms with E-state index < -0.39 is 4.92 Å². The predicted molar refractivity (Wildman–Crippen MR) is 104 cm³/mol. The maximum Gasteiger partial charge on any atom is 0.271 e. The molecule has 0 heterocycles. The monoisotopic (exact) mass is 369 g/mol. The molecule has 0 fully saturated rings. The number of non-ortho nitro benzene ring substituents is 1. The zero-order chi connectivity index (χ0) is 18.5. The van der Waals surface area contributed by atoms with E-state index in [1.165, 1.54) is 18.2 Å². The number of halogens is 1. The van der Waals surface area contributed by atoms with Crippen LogP contribution in [0.25, 0.3) is 0 Å². The minimum Gasteiger partial charge on any atom is -0.487 e. The van der Waals surface area contributed by atoms with Gasteiger partial charge in [-0.25, -0.2) is 0 Å². The van der Waals surface area contributed by atoms with Crippen molar-refractivity contribution in [3.05, 3.63) is 68.7 Å². The molecule has 4 nitrogen and oxygen atoms in total. The number of hydrogen-bond donors (Lipinski definition) is 0. The maximum atomic E-state index is 10.6. The summed E-state index contributed by atoms with van der Waals surface area (Å²) in [5.74, 6) is 0.439. The Bertz CT molecular complexity index is 635. The van der Waals surface area contributed by atoms with Crippen LogP contribution in [-0.4, -0.2) is 17.4 Å². The second-order valence-corrected chi connectivity index (χ2v) is 5.78. The third kappa shape index (κ3) is 8.22. The van der Waals surface area contributed by atoms with Gasteiger partial charge in [0.25, 0.3) is 5.69 Å². The predicted octanol–water partition coefficient (Wildman–Crippen LogP) is 6.14. The minimum absolute atomic E-state index is 0.0482. The van der Waals surface area contributed by atoms with Gasteiger partial charge in [0.1, 0.15) is 12.4 Å². The molecule has 0 aliphatic rings. The molecular formula is C18H24ClNO3S. The molecule has 0 aliphatic carbocycles. The molecule has 24 heavy (non-hydrogen) atoms. The maximum absolute atomic E-state index is 10.6. The van der Waals surface area contributed by atoms with Crippen LogP contribution < -0.4 is 4.74 Å².